The summed E-state index contributed by atoms with van der Waals surface area (Å²) < 4.78 is 6.14. The van der Waals surface area contributed by atoms with E-state index in [4.69, 9.17) is 51.1 Å². The van der Waals surface area contributed by atoms with Gasteiger partial charge in [0.05, 0.1) is 27.2 Å². The number of nitrogens with one attached hydrogen (secondary N) is 2. The third kappa shape index (κ3) is 13.2. The number of unbranched alkanes of at least 4 members (excludes halogenated alkanes) is 12. The second-order valence-corrected chi connectivity index (χ2v) is 14.8. The zero-order valence-electron chi connectivity index (χ0n) is 29.7. The second-order valence-electron chi connectivity index (χ2n) is 13.1. The van der Waals surface area contributed by atoms with Crippen molar-refractivity contribution in [2.45, 2.75) is 123 Å². The molecular weight excluding hydrogens is 726 g/mol. The standard InChI is InChI=1S/C40H50Cl4N4O3/c1-3-5-6-7-8-9-10-11-12-13-14-15-16-18-28-19-17-20-31(23-28)51-36(4-2)40(50)45-30-21-22-35(32(42)26-30)46-37-27-38(49)48(47-37)39-33(43)24-29(41)25-34(39)44/h17,19-26,36H,3-16,18,27H2,1-2H3,(H,45,50)(H,46,47)/t36-/m1/s1. The number of aryl methyl sites for hydroxylation is 1. The fourth-order valence-electron chi connectivity index (χ4n) is 6.10. The topological polar surface area (TPSA) is 83.0 Å². The molecule has 2 N–H and O–H groups in total. The summed E-state index contributed by atoms with van der Waals surface area (Å²) >= 11 is 25.2. The number of ether oxygens (including phenoxy) is 1. The molecule has 11 heteroatoms. The molecule has 1 atom stereocenters. The monoisotopic (exact) mass is 774 g/mol. The lowest BCUT2D eigenvalue weighted by molar-refractivity contribution is -0.122. The van der Waals surface area contributed by atoms with Gasteiger partial charge in [0.1, 0.15) is 17.3 Å². The summed E-state index contributed by atoms with van der Waals surface area (Å²) in [6.07, 6.45) is 18.2. The Labute approximate surface area is 323 Å². The first kappa shape index (κ1) is 40.8. The molecule has 1 saturated heterocycles. The summed E-state index contributed by atoms with van der Waals surface area (Å²) in [7, 11) is 0. The molecule has 0 aliphatic carbocycles. The van der Waals surface area contributed by atoms with Crippen molar-refractivity contribution in [3.05, 3.63) is 80.3 Å². The van der Waals surface area contributed by atoms with Crippen LogP contribution in [0.15, 0.2) is 59.6 Å². The van der Waals surface area contributed by atoms with E-state index in [9.17, 15) is 9.59 Å². The highest BCUT2D eigenvalue weighted by atomic mass is 35.5. The Bertz CT molecular complexity index is 1610. The number of amidine groups is 1. The van der Waals surface area contributed by atoms with E-state index >= 15 is 0 Å². The summed E-state index contributed by atoms with van der Waals surface area (Å²) in [6, 6.07) is 16.0. The minimum atomic E-state index is -0.679. The summed E-state index contributed by atoms with van der Waals surface area (Å²) in [4.78, 5) is 30.5. The molecule has 51 heavy (non-hydrogen) atoms. The minimum Gasteiger partial charge on any atom is -0.481 e. The molecule has 1 aliphatic heterocycles. The molecule has 1 fully saturated rings. The number of rotatable bonds is 21. The number of aliphatic imine (C=N–C) groups is 1. The highest BCUT2D eigenvalue weighted by molar-refractivity contribution is 6.42. The maximum Gasteiger partial charge on any atom is 0.265 e. The number of amides is 2. The highest BCUT2D eigenvalue weighted by Crippen LogP contribution is 2.37. The van der Waals surface area contributed by atoms with E-state index < -0.39 is 6.10 Å². The van der Waals surface area contributed by atoms with Gasteiger partial charge in [0.25, 0.3) is 11.8 Å². The Morgan fingerprint density at radius 2 is 1.45 bits per heavy atom. The maximum atomic E-state index is 13.2. The van der Waals surface area contributed by atoms with Crippen LogP contribution in [0.25, 0.3) is 0 Å². The van der Waals surface area contributed by atoms with Gasteiger partial charge in [-0.2, -0.15) is 0 Å². The zero-order chi connectivity index (χ0) is 36.6. The summed E-state index contributed by atoms with van der Waals surface area (Å²) in [5.41, 5.74) is 5.37. The number of halogens is 4. The first-order chi connectivity index (χ1) is 24.7. The Morgan fingerprint density at radius 1 is 0.824 bits per heavy atom. The molecular formula is C40H50Cl4N4O3. The summed E-state index contributed by atoms with van der Waals surface area (Å²) in [6.45, 7) is 4.18. The van der Waals surface area contributed by atoms with Crippen molar-refractivity contribution in [3.8, 4) is 5.75 Å². The number of hydrogen-bond donors (Lipinski definition) is 2. The van der Waals surface area contributed by atoms with Gasteiger partial charge in [0, 0.05) is 10.7 Å². The van der Waals surface area contributed by atoms with Crippen LogP contribution in [0.2, 0.25) is 20.1 Å². The number of anilines is 2. The van der Waals surface area contributed by atoms with Crippen LogP contribution in [0, 0.1) is 0 Å². The Kier molecular flexibility index (Phi) is 17.2. The molecule has 0 saturated carbocycles. The smallest absolute Gasteiger partial charge is 0.265 e. The van der Waals surface area contributed by atoms with Crippen LogP contribution in [0.5, 0.6) is 5.75 Å². The van der Waals surface area contributed by atoms with E-state index in [1.54, 1.807) is 18.2 Å². The maximum absolute atomic E-state index is 13.2. The fraction of sp³-hybridized carbons (Fsp3) is 0.475. The van der Waals surface area contributed by atoms with Gasteiger partial charge in [-0.25, -0.2) is 10.0 Å². The molecule has 0 radical (unpaired) electrons. The fourth-order valence-corrected chi connectivity index (χ4v) is 7.31. The van der Waals surface area contributed by atoms with Crippen LogP contribution < -0.4 is 20.5 Å². The van der Waals surface area contributed by atoms with E-state index in [0.29, 0.717) is 39.4 Å². The van der Waals surface area contributed by atoms with Crippen molar-refractivity contribution >= 4 is 81.1 Å². The normalized spacial score (nSPS) is 14.2. The van der Waals surface area contributed by atoms with E-state index in [1.807, 2.05) is 25.1 Å². The number of carbonyl (C=O) groups excluding carboxylic acids is 2. The van der Waals surface area contributed by atoms with Crippen molar-refractivity contribution in [3.63, 3.8) is 0 Å². The number of hydrazine groups is 1. The zero-order valence-corrected chi connectivity index (χ0v) is 32.7. The first-order valence-corrected chi connectivity index (χ1v) is 19.9. The van der Waals surface area contributed by atoms with Crippen molar-refractivity contribution in [1.29, 1.82) is 0 Å². The lowest BCUT2D eigenvalue weighted by atomic mass is 10.0. The number of benzene rings is 3. The van der Waals surface area contributed by atoms with Crippen LogP contribution in [0.3, 0.4) is 0 Å². The van der Waals surface area contributed by atoms with Gasteiger partial charge in [-0.1, -0.05) is 149 Å². The van der Waals surface area contributed by atoms with Gasteiger partial charge in [-0.15, -0.1) is 0 Å². The van der Waals surface area contributed by atoms with Gasteiger partial charge in [-0.05, 0) is 67.3 Å². The van der Waals surface area contributed by atoms with E-state index in [1.165, 1.54) is 99.8 Å². The molecule has 3 aromatic carbocycles. The van der Waals surface area contributed by atoms with E-state index in [2.05, 4.69) is 28.7 Å². The van der Waals surface area contributed by atoms with Gasteiger partial charge >= 0.3 is 0 Å². The van der Waals surface area contributed by atoms with Crippen LogP contribution in [-0.2, 0) is 16.0 Å². The largest absolute Gasteiger partial charge is 0.481 e. The lowest BCUT2D eigenvalue weighted by Gasteiger charge is -2.19. The summed E-state index contributed by atoms with van der Waals surface area (Å²) in [5, 5.41) is 5.24. The molecule has 1 aliphatic rings. The molecule has 0 spiro atoms. The molecule has 0 unspecified atom stereocenters. The third-order valence-electron chi connectivity index (χ3n) is 8.89. The summed E-state index contributed by atoms with van der Waals surface area (Å²) in [5.74, 6) is 0.472. The van der Waals surface area contributed by atoms with Gasteiger partial charge in [0.2, 0.25) is 0 Å². The van der Waals surface area contributed by atoms with Crippen LogP contribution in [0.4, 0.5) is 17.1 Å². The molecule has 3 aromatic rings. The Morgan fingerprint density at radius 3 is 2.06 bits per heavy atom. The van der Waals surface area contributed by atoms with E-state index in [-0.39, 0.29) is 34.0 Å². The van der Waals surface area contributed by atoms with Gasteiger partial charge in [0.15, 0.2) is 6.10 Å². The average Bonchev–Trinajstić information content (AvgIpc) is 3.45. The predicted molar refractivity (Wildman–Crippen MR) is 214 cm³/mol. The number of carbonyl (C=O) groups is 2. The molecule has 7 nitrogen and oxygen atoms in total. The molecule has 2 amide bonds. The lowest BCUT2D eigenvalue weighted by Crippen LogP contribution is -2.36. The van der Waals surface area contributed by atoms with Gasteiger partial charge < -0.3 is 10.1 Å². The minimum absolute atomic E-state index is 0.0137. The van der Waals surface area contributed by atoms with E-state index in [0.717, 1.165) is 12.8 Å². The number of hydrogen-bond acceptors (Lipinski definition) is 4. The molecule has 4 rings (SSSR count). The second kappa shape index (κ2) is 21.5. The Balaban J connectivity index is 1.21. The average molecular weight is 777 g/mol. The first-order valence-electron chi connectivity index (χ1n) is 18.4. The molecule has 0 bridgehead atoms. The van der Waals surface area contributed by atoms with Crippen LogP contribution in [-0.4, -0.2) is 23.8 Å². The third-order valence-corrected chi connectivity index (χ3v) is 9.99. The van der Waals surface area contributed by atoms with Crippen LogP contribution in [0.1, 0.15) is 116 Å². The van der Waals surface area contributed by atoms with Crippen molar-refractivity contribution in [1.82, 2.24) is 5.43 Å². The van der Waals surface area contributed by atoms with Gasteiger partial charge in [-0.3, -0.25) is 15.0 Å². The Hall–Kier alpha value is -2.97. The molecule has 1 heterocycles. The highest BCUT2D eigenvalue weighted by Gasteiger charge is 2.30. The predicted octanol–water partition coefficient (Wildman–Crippen LogP) is 12.7. The van der Waals surface area contributed by atoms with Crippen molar-refractivity contribution in [2.75, 3.05) is 10.3 Å². The molecule has 0 aromatic heterocycles. The quantitative estimate of drug-likeness (QED) is 0.106. The SMILES string of the molecule is CCCCCCCCCCCCCCCc1cccc(O[C@H](CC)C(=O)Nc2ccc(N=C3CC(=O)N(c4c(Cl)cc(Cl)cc4Cl)N3)c(Cl)c2)c1. The van der Waals surface area contributed by atoms with Crippen LogP contribution >= 0.6 is 46.4 Å². The van der Waals surface area contributed by atoms with Crippen molar-refractivity contribution in [2.24, 2.45) is 4.99 Å². The number of nitrogens with zero attached hydrogens (tertiary/aromatic N) is 2. The van der Waals surface area contributed by atoms with Crippen molar-refractivity contribution < 1.29 is 14.3 Å². The molecule has 276 valence electrons.